The lowest BCUT2D eigenvalue weighted by atomic mass is 10.2. The van der Waals surface area contributed by atoms with Crippen molar-refractivity contribution < 1.29 is 4.79 Å². The molecule has 4 nitrogen and oxygen atoms in total. The second kappa shape index (κ2) is 10.0. The molecule has 0 spiro atoms. The predicted octanol–water partition coefficient (Wildman–Crippen LogP) is 3.52. The molecular formula is C20H19N3OS. The van der Waals surface area contributed by atoms with Crippen LogP contribution in [0.25, 0.3) is 6.08 Å². The summed E-state index contributed by atoms with van der Waals surface area (Å²) in [5.74, 6) is -0.288. The van der Waals surface area contributed by atoms with Gasteiger partial charge in [-0.05, 0) is 29.4 Å². The molecule has 5 heteroatoms. The summed E-state index contributed by atoms with van der Waals surface area (Å²) in [4.78, 5) is 13.9. The van der Waals surface area contributed by atoms with E-state index in [9.17, 15) is 4.79 Å². The number of carbonyl (C=O) groups excluding carboxylic acids is 1. The Bertz CT molecular complexity index is 767. The zero-order chi connectivity index (χ0) is 17.9. The normalized spacial score (nSPS) is 10.2. The van der Waals surface area contributed by atoms with E-state index in [-0.39, 0.29) is 5.91 Å². The molecule has 0 atom stereocenters. The molecule has 1 N–H and O–H groups in total. The fourth-order valence-corrected chi connectivity index (χ4v) is 2.46. The summed E-state index contributed by atoms with van der Waals surface area (Å²) in [5, 5.41) is 11.9. The summed E-state index contributed by atoms with van der Waals surface area (Å²) in [6.45, 7) is 1.01. The number of nitriles is 1. The summed E-state index contributed by atoms with van der Waals surface area (Å²) in [7, 11) is 0. The van der Waals surface area contributed by atoms with E-state index in [2.05, 4.69) is 11.4 Å². The SMILES string of the molecule is N#CCCN(Cc1ccccc1)C(=S)NC(=O)/C=C/c1ccccc1. The van der Waals surface area contributed by atoms with Crippen LogP contribution < -0.4 is 5.32 Å². The zero-order valence-electron chi connectivity index (χ0n) is 13.8. The minimum atomic E-state index is -0.288. The van der Waals surface area contributed by atoms with E-state index < -0.39 is 0 Å². The molecule has 126 valence electrons. The number of nitrogens with one attached hydrogen (secondary N) is 1. The summed E-state index contributed by atoms with van der Waals surface area (Å²) in [6.07, 6.45) is 3.52. The van der Waals surface area contributed by atoms with Gasteiger partial charge in [-0.15, -0.1) is 0 Å². The highest BCUT2D eigenvalue weighted by molar-refractivity contribution is 7.80. The van der Waals surface area contributed by atoms with Crippen LogP contribution in [-0.4, -0.2) is 22.5 Å². The maximum absolute atomic E-state index is 12.1. The minimum absolute atomic E-state index is 0.288. The molecule has 0 saturated carbocycles. The van der Waals surface area contributed by atoms with Crippen LogP contribution in [0.4, 0.5) is 0 Å². The van der Waals surface area contributed by atoms with E-state index in [1.807, 2.05) is 65.6 Å². The van der Waals surface area contributed by atoms with Gasteiger partial charge in [-0.1, -0.05) is 60.7 Å². The van der Waals surface area contributed by atoms with Gasteiger partial charge in [0.2, 0.25) is 5.91 Å². The maximum atomic E-state index is 12.1. The third kappa shape index (κ3) is 6.58. The lowest BCUT2D eigenvalue weighted by molar-refractivity contribution is -0.115. The molecule has 0 aliphatic heterocycles. The van der Waals surface area contributed by atoms with Crippen molar-refractivity contribution >= 4 is 29.3 Å². The number of thiocarbonyl (C=S) groups is 1. The topological polar surface area (TPSA) is 56.1 Å². The summed E-state index contributed by atoms with van der Waals surface area (Å²) < 4.78 is 0. The highest BCUT2D eigenvalue weighted by Crippen LogP contribution is 2.06. The number of nitrogens with zero attached hydrogens (tertiary/aromatic N) is 2. The molecule has 0 radical (unpaired) electrons. The second-order valence-corrected chi connectivity index (χ2v) is 5.74. The summed E-state index contributed by atoms with van der Waals surface area (Å²) in [5.41, 5.74) is 2.01. The molecule has 1 amide bonds. The van der Waals surface area contributed by atoms with E-state index >= 15 is 0 Å². The van der Waals surface area contributed by atoms with Gasteiger partial charge >= 0.3 is 0 Å². The first-order chi connectivity index (χ1) is 12.2. The van der Waals surface area contributed by atoms with E-state index in [1.54, 1.807) is 6.08 Å². The number of carbonyl (C=O) groups is 1. The van der Waals surface area contributed by atoms with Gasteiger partial charge in [0.25, 0.3) is 0 Å². The van der Waals surface area contributed by atoms with Crippen LogP contribution in [0.15, 0.2) is 66.7 Å². The molecule has 2 rings (SSSR count). The number of benzene rings is 2. The first kappa shape index (κ1) is 18.4. The van der Waals surface area contributed by atoms with Crippen molar-refractivity contribution in [3.05, 3.63) is 77.9 Å². The van der Waals surface area contributed by atoms with Gasteiger partial charge in [0.05, 0.1) is 12.5 Å². The Morgan fingerprint density at radius 2 is 1.76 bits per heavy atom. The molecule has 0 unspecified atom stereocenters. The minimum Gasteiger partial charge on any atom is -0.344 e. The molecule has 0 fully saturated rings. The van der Waals surface area contributed by atoms with E-state index in [0.717, 1.165) is 11.1 Å². The van der Waals surface area contributed by atoms with Crippen LogP contribution >= 0.6 is 12.2 Å². The Morgan fingerprint density at radius 3 is 2.40 bits per heavy atom. The van der Waals surface area contributed by atoms with Gasteiger partial charge in [0.1, 0.15) is 0 Å². The smallest absolute Gasteiger partial charge is 0.250 e. The molecule has 2 aromatic rings. The fourth-order valence-electron chi connectivity index (χ4n) is 2.20. The Kier molecular flexibility index (Phi) is 7.36. The van der Waals surface area contributed by atoms with Crippen LogP contribution in [0.1, 0.15) is 17.5 Å². The number of rotatable bonds is 6. The van der Waals surface area contributed by atoms with Crippen LogP contribution in [-0.2, 0) is 11.3 Å². The lowest BCUT2D eigenvalue weighted by Crippen LogP contribution is -2.42. The number of hydrogen-bond donors (Lipinski definition) is 1. The molecule has 2 aromatic carbocycles. The van der Waals surface area contributed by atoms with Crippen LogP contribution in [0.3, 0.4) is 0 Å². The largest absolute Gasteiger partial charge is 0.344 e. The van der Waals surface area contributed by atoms with Gasteiger partial charge in [0.15, 0.2) is 5.11 Å². The quantitative estimate of drug-likeness (QED) is 0.640. The van der Waals surface area contributed by atoms with Crippen molar-refractivity contribution in [1.82, 2.24) is 10.2 Å². The second-order valence-electron chi connectivity index (χ2n) is 5.35. The third-order valence-corrected chi connectivity index (χ3v) is 3.81. The molecule has 0 aliphatic rings. The van der Waals surface area contributed by atoms with Crippen LogP contribution in [0.5, 0.6) is 0 Å². The first-order valence-corrected chi connectivity index (χ1v) is 8.34. The number of amides is 1. The first-order valence-electron chi connectivity index (χ1n) is 7.93. The third-order valence-electron chi connectivity index (χ3n) is 3.45. The maximum Gasteiger partial charge on any atom is 0.250 e. The van der Waals surface area contributed by atoms with Crippen LogP contribution in [0.2, 0.25) is 0 Å². The molecule has 0 heterocycles. The van der Waals surface area contributed by atoms with Crippen molar-refractivity contribution in [2.75, 3.05) is 6.54 Å². The summed E-state index contributed by atoms with van der Waals surface area (Å²) >= 11 is 5.35. The molecule has 0 aliphatic carbocycles. The average molecular weight is 349 g/mol. The van der Waals surface area contributed by atoms with Crippen molar-refractivity contribution in [3.63, 3.8) is 0 Å². The van der Waals surface area contributed by atoms with Gasteiger partial charge in [0, 0.05) is 19.2 Å². The molecule has 0 bridgehead atoms. The van der Waals surface area contributed by atoms with Gasteiger partial charge in [-0.3, -0.25) is 10.1 Å². The van der Waals surface area contributed by atoms with Crippen molar-refractivity contribution in [3.8, 4) is 6.07 Å². The van der Waals surface area contributed by atoms with E-state index in [0.29, 0.717) is 24.6 Å². The Morgan fingerprint density at radius 1 is 1.12 bits per heavy atom. The van der Waals surface area contributed by atoms with E-state index in [1.165, 1.54) is 6.08 Å². The van der Waals surface area contributed by atoms with Crippen molar-refractivity contribution in [2.24, 2.45) is 0 Å². The van der Waals surface area contributed by atoms with Gasteiger partial charge in [-0.25, -0.2) is 0 Å². The highest BCUT2D eigenvalue weighted by atomic mass is 32.1. The molecule has 25 heavy (non-hydrogen) atoms. The van der Waals surface area contributed by atoms with Crippen molar-refractivity contribution in [1.29, 1.82) is 5.26 Å². The predicted molar refractivity (Wildman–Crippen MR) is 103 cm³/mol. The average Bonchev–Trinajstić information content (AvgIpc) is 2.65. The summed E-state index contributed by atoms with van der Waals surface area (Å²) in [6, 6.07) is 21.5. The Hall–Kier alpha value is -2.97. The van der Waals surface area contributed by atoms with E-state index in [4.69, 9.17) is 17.5 Å². The monoisotopic (exact) mass is 349 g/mol. The fraction of sp³-hybridized carbons (Fsp3) is 0.150. The molecule has 0 saturated heterocycles. The standard InChI is InChI=1S/C20H19N3OS/c21-14-7-15-23(16-18-10-5-2-6-11-18)20(25)22-19(24)13-12-17-8-3-1-4-9-17/h1-6,8-13H,7,15-16H2,(H,22,24,25)/b13-12+. The Labute approximate surface area is 153 Å². The van der Waals surface area contributed by atoms with Gasteiger partial charge in [-0.2, -0.15) is 5.26 Å². The lowest BCUT2D eigenvalue weighted by Gasteiger charge is -2.24. The highest BCUT2D eigenvalue weighted by Gasteiger charge is 2.12. The van der Waals surface area contributed by atoms with Gasteiger partial charge < -0.3 is 4.90 Å². The van der Waals surface area contributed by atoms with Crippen molar-refractivity contribution in [2.45, 2.75) is 13.0 Å². The number of hydrogen-bond acceptors (Lipinski definition) is 3. The Balaban J connectivity index is 1.97. The zero-order valence-corrected chi connectivity index (χ0v) is 14.6. The van der Waals surface area contributed by atoms with Crippen LogP contribution in [0, 0.1) is 11.3 Å². The molecule has 0 aromatic heterocycles. The molecular weight excluding hydrogens is 330 g/mol.